The van der Waals surface area contributed by atoms with E-state index in [2.05, 4.69) is 22.4 Å². The highest BCUT2D eigenvalue weighted by atomic mass is 16.5. The van der Waals surface area contributed by atoms with Crippen molar-refractivity contribution in [1.29, 1.82) is 0 Å². The van der Waals surface area contributed by atoms with Crippen molar-refractivity contribution < 1.29 is 28.3 Å². The number of aromatic nitrogens is 1. The number of H-pyrrole nitrogens is 1. The van der Waals surface area contributed by atoms with Crippen LogP contribution in [0.1, 0.15) is 37.4 Å². The van der Waals surface area contributed by atoms with Crippen LogP contribution in [-0.2, 0) is 35.8 Å². The van der Waals surface area contributed by atoms with Crippen molar-refractivity contribution in [3.8, 4) is 11.3 Å². The number of aromatic amines is 1. The summed E-state index contributed by atoms with van der Waals surface area (Å²) >= 11 is 0. The van der Waals surface area contributed by atoms with E-state index in [4.69, 9.17) is 13.9 Å². The van der Waals surface area contributed by atoms with Gasteiger partial charge in [-0.2, -0.15) is 0 Å². The van der Waals surface area contributed by atoms with Crippen molar-refractivity contribution in [2.24, 2.45) is 11.8 Å². The first-order valence-electron chi connectivity index (χ1n) is 14.5. The third-order valence-electron chi connectivity index (χ3n) is 9.08. The van der Waals surface area contributed by atoms with Crippen LogP contribution in [0.25, 0.3) is 22.2 Å². The van der Waals surface area contributed by atoms with Gasteiger partial charge in [-0.05, 0) is 49.9 Å². The largest absolute Gasteiger partial charge is 0.464 e. The molecule has 2 N–H and O–H groups in total. The lowest BCUT2D eigenvalue weighted by Gasteiger charge is -2.54. The number of methoxy groups -OCH3 is 1. The normalized spacial score (nSPS) is 24.3. The van der Waals surface area contributed by atoms with Crippen molar-refractivity contribution >= 4 is 28.6 Å². The number of benzene rings is 1. The Balaban J connectivity index is 1.35. The van der Waals surface area contributed by atoms with Crippen LogP contribution < -0.4 is 5.32 Å². The second-order valence-corrected chi connectivity index (χ2v) is 11.4. The van der Waals surface area contributed by atoms with Gasteiger partial charge in [0, 0.05) is 74.4 Å². The molecule has 218 valence electrons. The molecule has 3 aromatic rings. The number of ether oxygens (including phenoxy) is 2. The molecule has 3 aliphatic heterocycles. The number of furan rings is 1. The molecule has 3 amide bonds. The smallest absolute Gasteiger partial charge is 0.228 e. The van der Waals surface area contributed by atoms with Crippen LogP contribution in [0, 0.1) is 11.8 Å². The van der Waals surface area contributed by atoms with E-state index in [1.165, 1.54) is 0 Å². The number of rotatable bonds is 8. The quantitative estimate of drug-likeness (QED) is 0.408. The summed E-state index contributed by atoms with van der Waals surface area (Å²) < 4.78 is 16.2. The van der Waals surface area contributed by atoms with E-state index < -0.39 is 17.4 Å². The van der Waals surface area contributed by atoms with E-state index in [1.807, 2.05) is 34.9 Å². The van der Waals surface area contributed by atoms with Gasteiger partial charge in [0.1, 0.15) is 5.76 Å². The van der Waals surface area contributed by atoms with Gasteiger partial charge in [0.15, 0.2) is 0 Å². The minimum absolute atomic E-state index is 0.0154. The number of hydrogen-bond donors (Lipinski definition) is 2. The molecule has 5 heterocycles. The number of piperidine rings is 1. The molecule has 0 aliphatic carbocycles. The molecule has 2 aromatic heterocycles. The second-order valence-electron chi connectivity index (χ2n) is 11.4. The van der Waals surface area contributed by atoms with Crippen LogP contribution in [0.4, 0.5) is 0 Å². The SMILES string of the molecule is COCCCNC(=O)C[C@H]1C[C@H](C(=O)N2CCOCC2)[C@@]2(C)c3[nH]c4cc(-c5ccco5)ccc4c3CCN2C1=O. The van der Waals surface area contributed by atoms with Gasteiger partial charge in [0.2, 0.25) is 17.7 Å². The van der Waals surface area contributed by atoms with Crippen molar-refractivity contribution in [2.75, 3.05) is 53.1 Å². The Bertz CT molecular complexity index is 1430. The summed E-state index contributed by atoms with van der Waals surface area (Å²) in [4.78, 5) is 48.4. The summed E-state index contributed by atoms with van der Waals surface area (Å²) in [6.45, 7) is 5.61. The molecule has 0 saturated carbocycles. The second kappa shape index (κ2) is 11.3. The molecule has 0 spiro atoms. The molecule has 3 atom stereocenters. The van der Waals surface area contributed by atoms with Gasteiger partial charge in [-0.15, -0.1) is 0 Å². The van der Waals surface area contributed by atoms with E-state index in [9.17, 15) is 14.4 Å². The predicted octanol–water partition coefficient (Wildman–Crippen LogP) is 3.07. The fraction of sp³-hybridized carbons (Fsp3) is 0.516. The van der Waals surface area contributed by atoms with Crippen LogP contribution >= 0.6 is 0 Å². The maximum atomic E-state index is 14.2. The van der Waals surface area contributed by atoms with E-state index in [0.29, 0.717) is 65.3 Å². The summed E-state index contributed by atoms with van der Waals surface area (Å²) in [6, 6.07) is 10.0. The van der Waals surface area contributed by atoms with Crippen LogP contribution in [0.15, 0.2) is 41.0 Å². The van der Waals surface area contributed by atoms with Gasteiger partial charge < -0.3 is 34.0 Å². The van der Waals surface area contributed by atoms with Crippen LogP contribution in [0.5, 0.6) is 0 Å². The molecule has 0 unspecified atom stereocenters. The number of nitrogens with zero attached hydrogens (tertiary/aromatic N) is 2. The fourth-order valence-corrected chi connectivity index (χ4v) is 6.93. The summed E-state index contributed by atoms with van der Waals surface area (Å²) in [6.07, 6.45) is 3.42. The molecular weight excluding hydrogens is 524 g/mol. The maximum Gasteiger partial charge on any atom is 0.228 e. The Labute approximate surface area is 239 Å². The standard InChI is InChI=1S/C31H38N4O6/c1-31-24(30(38)34-11-15-40-16-12-34)17-21(19-27(36)32-9-4-13-39-2)29(37)35(31)10-8-23-22-7-6-20(26-5-3-14-41-26)18-25(22)33-28(23)31/h3,5-7,14,18,21,24,33H,4,8-13,15-17,19H2,1-2H3,(H,32,36)/t21-,24-,31+/m1/s1. The molecule has 0 bridgehead atoms. The molecule has 1 aromatic carbocycles. The van der Waals surface area contributed by atoms with Gasteiger partial charge in [-0.3, -0.25) is 14.4 Å². The highest BCUT2D eigenvalue weighted by Crippen LogP contribution is 2.50. The Morgan fingerprint density at radius 3 is 2.78 bits per heavy atom. The topological polar surface area (TPSA) is 117 Å². The molecule has 0 radical (unpaired) electrons. The van der Waals surface area contributed by atoms with E-state index in [1.54, 1.807) is 13.4 Å². The monoisotopic (exact) mass is 562 g/mol. The molecule has 2 fully saturated rings. The lowest BCUT2D eigenvalue weighted by atomic mass is 9.67. The lowest BCUT2D eigenvalue weighted by Crippen LogP contribution is -2.65. The molecule has 2 saturated heterocycles. The lowest BCUT2D eigenvalue weighted by molar-refractivity contribution is -0.166. The Kier molecular flexibility index (Phi) is 7.61. The van der Waals surface area contributed by atoms with Crippen molar-refractivity contribution in [2.45, 2.75) is 38.1 Å². The number of nitrogens with one attached hydrogen (secondary N) is 2. The number of hydrogen-bond acceptors (Lipinski definition) is 6. The van der Waals surface area contributed by atoms with Crippen LogP contribution in [0.2, 0.25) is 0 Å². The predicted molar refractivity (Wildman–Crippen MR) is 152 cm³/mol. The zero-order valence-electron chi connectivity index (χ0n) is 23.7. The Hall–Kier alpha value is -3.63. The molecule has 3 aliphatic rings. The Morgan fingerprint density at radius 1 is 1.20 bits per heavy atom. The zero-order chi connectivity index (χ0) is 28.6. The van der Waals surface area contributed by atoms with Gasteiger partial charge in [-0.1, -0.05) is 12.1 Å². The minimum Gasteiger partial charge on any atom is -0.464 e. The minimum atomic E-state index is -0.866. The molecular formula is C31H38N4O6. The first kappa shape index (κ1) is 27.5. The molecule has 41 heavy (non-hydrogen) atoms. The third kappa shape index (κ3) is 4.93. The van der Waals surface area contributed by atoms with Crippen LogP contribution in [0.3, 0.4) is 0 Å². The Morgan fingerprint density at radius 2 is 2.02 bits per heavy atom. The number of carbonyl (C=O) groups excluding carboxylic acids is 3. The van der Waals surface area contributed by atoms with Crippen LogP contribution in [-0.4, -0.2) is 85.6 Å². The summed E-state index contributed by atoms with van der Waals surface area (Å²) in [5.74, 6) is -0.496. The number of carbonyl (C=O) groups is 3. The number of amides is 3. The third-order valence-corrected chi connectivity index (χ3v) is 9.08. The molecule has 10 nitrogen and oxygen atoms in total. The van der Waals surface area contributed by atoms with Gasteiger partial charge >= 0.3 is 0 Å². The van der Waals surface area contributed by atoms with Crippen molar-refractivity contribution in [3.05, 3.63) is 47.9 Å². The van der Waals surface area contributed by atoms with Crippen molar-refractivity contribution in [3.63, 3.8) is 0 Å². The zero-order valence-corrected chi connectivity index (χ0v) is 23.7. The highest BCUT2D eigenvalue weighted by molar-refractivity contribution is 5.93. The molecule has 6 rings (SSSR count). The van der Waals surface area contributed by atoms with E-state index in [0.717, 1.165) is 33.5 Å². The maximum absolute atomic E-state index is 14.2. The number of fused-ring (bicyclic) bond motifs is 5. The average molecular weight is 563 g/mol. The molecule has 10 heteroatoms. The first-order valence-corrected chi connectivity index (χ1v) is 14.5. The fourth-order valence-electron chi connectivity index (χ4n) is 6.93. The average Bonchev–Trinajstić information content (AvgIpc) is 3.66. The van der Waals surface area contributed by atoms with Gasteiger partial charge in [0.05, 0.1) is 30.9 Å². The summed E-state index contributed by atoms with van der Waals surface area (Å²) in [5.41, 5.74) is 3.11. The van der Waals surface area contributed by atoms with E-state index in [-0.39, 0.29) is 24.1 Å². The van der Waals surface area contributed by atoms with E-state index >= 15 is 0 Å². The van der Waals surface area contributed by atoms with Gasteiger partial charge in [-0.25, -0.2) is 0 Å². The van der Waals surface area contributed by atoms with Crippen molar-refractivity contribution in [1.82, 2.24) is 20.1 Å². The highest BCUT2D eigenvalue weighted by Gasteiger charge is 2.57. The first-order chi connectivity index (χ1) is 19.9. The summed E-state index contributed by atoms with van der Waals surface area (Å²) in [5, 5.41) is 4.01. The van der Waals surface area contributed by atoms with Gasteiger partial charge in [0.25, 0.3) is 0 Å². The number of morpholine rings is 1. The summed E-state index contributed by atoms with van der Waals surface area (Å²) in [7, 11) is 1.63.